The van der Waals surface area contributed by atoms with Crippen molar-refractivity contribution in [3.63, 3.8) is 0 Å². The van der Waals surface area contributed by atoms with Crippen molar-refractivity contribution in [3.05, 3.63) is 0 Å². The molecule has 0 amide bonds. The number of carbonyl (C=O) groups is 1. The summed E-state index contributed by atoms with van der Waals surface area (Å²) in [4.78, 5) is 10.1. The van der Waals surface area contributed by atoms with Crippen molar-refractivity contribution < 1.29 is 72.4 Å². The average molecular weight is 359 g/mol. The van der Waals surface area contributed by atoms with Gasteiger partial charge in [0.05, 0.1) is 6.61 Å². The molecule has 13 heteroatoms. The monoisotopic (exact) mass is 357 g/mol. The first-order valence-corrected chi connectivity index (χ1v) is 5.52. The Bertz CT molecular complexity index is 335. The molecular formula is C6H13O11SZn-. The number of aliphatic carboxylic acids is 1. The molecule has 0 aromatic rings. The van der Waals surface area contributed by atoms with E-state index in [0.717, 1.165) is 0 Å². The van der Waals surface area contributed by atoms with Crippen LogP contribution in [-0.4, -0.2) is 85.2 Å². The molecule has 7 N–H and O–H groups in total. The molecule has 0 aliphatic heterocycles. The Balaban J connectivity index is -0.000000366. The van der Waals surface area contributed by atoms with Crippen LogP contribution < -0.4 is 0 Å². The van der Waals surface area contributed by atoms with Crippen molar-refractivity contribution >= 4 is 16.4 Å². The zero-order valence-electron chi connectivity index (χ0n) is 9.40. The van der Waals surface area contributed by atoms with Crippen LogP contribution in [0.1, 0.15) is 0 Å². The van der Waals surface area contributed by atoms with Gasteiger partial charge in [-0.1, -0.05) is 0 Å². The Morgan fingerprint density at radius 1 is 1.11 bits per heavy atom. The van der Waals surface area contributed by atoms with Crippen LogP contribution in [0.3, 0.4) is 0 Å². The molecule has 0 rings (SSSR count). The molecule has 11 nitrogen and oxygen atoms in total. The minimum Gasteiger partial charge on any atom is -0.726 e. The first-order chi connectivity index (χ1) is 7.91. The van der Waals surface area contributed by atoms with Crippen LogP contribution in [0, 0.1) is 0 Å². The second kappa shape index (κ2) is 10.5. The van der Waals surface area contributed by atoms with Crippen LogP contribution in [-0.2, 0) is 34.7 Å². The summed E-state index contributed by atoms with van der Waals surface area (Å²) in [6.45, 7) is -0.843. The maximum Gasteiger partial charge on any atom is 0.335 e. The van der Waals surface area contributed by atoms with Gasteiger partial charge in [0.1, 0.15) is 18.3 Å². The van der Waals surface area contributed by atoms with E-state index in [9.17, 15) is 4.79 Å². The van der Waals surface area contributed by atoms with E-state index in [1.807, 2.05) is 0 Å². The van der Waals surface area contributed by atoms with Crippen LogP contribution in [0.5, 0.6) is 0 Å². The molecule has 0 bridgehead atoms. The first-order valence-electron chi connectivity index (χ1n) is 4.16. The largest absolute Gasteiger partial charge is 0.726 e. The Morgan fingerprint density at radius 3 is 1.63 bits per heavy atom. The van der Waals surface area contributed by atoms with Gasteiger partial charge in [0.15, 0.2) is 6.10 Å². The van der Waals surface area contributed by atoms with Crippen molar-refractivity contribution in [3.8, 4) is 0 Å². The zero-order chi connectivity index (χ0) is 15.1. The van der Waals surface area contributed by atoms with Crippen LogP contribution in [0.2, 0.25) is 0 Å². The summed E-state index contributed by atoms with van der Waals surface area (Å²) >= 11 is 0. The van der Waals surface area contributed by atoms with Crippen LogP contribution in [0.25, 0.3) is 0 Å². The maximum absolute atomic E-state index is 10.1. The molecule has 4 atom stereocenters. The fourth-order valence-corrected chi connectivity index (χ4v) is 0.668. The second-order valence-corrected chi connectivity index (χ2v) is 3.80. The minimum absolute atomic E-state index is 0. The number of aliphatic hydroxyl groups excluding tert-OH is 5. The quantitative estimate of drug-likeness (QED) is 0.141. The summed E-state index contributed by atoms with van der Waals surface area (Å²) in [5.41, 5.74) is 0. The molecule has 0 saturated carbocycles. The zero-order valence-corrected chi connectivity index (χ0v) is 13.2. The number of aliphatic hydroxyl groups is 5. The van der Waals surface area contributed by atoms with E-state index in [-0.39, 0.29) is 19.5 Å². The fourth-order valence-electron chi connectivity index (χ4n) is 0.668. The Hall–Kier alpha value is -0.237. The summed E-state index contributed by atoms with van der Waals surface area (Å²) in [6, 6.07) is 0. The average Bonchev–Trinajstić information content (AvgIpc) is 2.22. The van der Waals surface area contributed by atoms with Gasteiger partial charge in [-0.15, -0.1) is 0 Å². The maximum atomic E-state index is 10.1. The van der Waals surface area contributed by atoms with E-state index in [2.05, 4.69) is 0 Å². The summed E-state index contributed by atoms with van der Waals surface area (Å²) in [5.74, 6) is -1.73. The van der Waals surface area contributed by atoms with Gasteiger partial charge in [-0.05, 0) is 0 Å². The third-order valence-corrected chi connectivity index (χ3v) is 1.51. The van der Waals surface area contributed by atoms with Gasteiger partial charge >= 0.3 is 5.97 Å². The number of hydrogen-bond acceptors (Lipinski definition) is 9. The summed E-state index contributed by atoms with van der Waals surface area (Å²) in [6.07, 6.45) is -7.84. The second-order valence-electron chi connectivity index (χ2n) is 2.94. The number of hydrogen-bond donors (Lipinski definition) is 7. The topological polar surface area (TPSA) is 216 Å². The predicted molar refractivity (Wildman–Crippen MR) is 51.1 cm³/mol. The molecule has 0 aliphatic rings. The van der Waals surface area contributed by atoms with Crippen molar-refractivity contribution in [2.24, 2.45) is 0 Å². The van der Waals surface area contributed by atoms with E-state index in [1.54, 1.807) is 0 Å². The molecule has 0 aromatic carbocycles. The van der Waals surface area contributed by atoms with Crippen LogP contribution in [0.4, 0.5) is 0 Å². The summed E-state index contributed by atoms with van der Waals surface area (Å²) < 4.78 is 32.8. The molecular weight excluding hydrogens is 346 g/mol. The van der Waals surface area contributed by atoms with Gasteiger partial charge in [0.25, 0.3) is 0 Å². The number of carboxylic acids is 1. The van der Waals surface area contributed by atoms with E-state index in [1.165, 1.54) is 0 Å². The standard InChI is InChI=1S/C6H12O7.H2O4S.Zn/c7-1-2(8)3(9)4(10)5(11)6(12)13;1-5(2,3)4;/h2-5,7-11H,1H2,(H,12,13);(H2,1,2,3,4);/p-1/t2-,3-,4+,5-;;/m1../s1. The van der Waals surface area contributed by atoms with E-state index in [0.29, 0.717) is 0 Å². The predicted octanol–water partition coefficient (Wildman–Crippen LogP) is -4.49. The summed E-state index contributed by atoms with van der Waals surface area (Å²) in [5, 5.41) is 51.8. The molecule has 112 valence electrons. The van der Waals surface area contributed by atoms with Gasteiger partial charge in [-0.25, -0.2) is 13.2 Å². The summed E-state index contributed by atoms with van der Waals surface area (Å²) in [7, 11) is -4.92. The molecule has 19 heavy (non-hydrogen) atoms. The van der Waals surface area contributed by atoms with Gasteiger partial charge in [0.2, 0.25) is 10.4 Å². The van der Waals surface area contributed by atoms with E-state index in [4.69, 9.17) is 48.2 Å². The van der Waals surface area contributed by atoms with Crippen LogP contribution >= 0.6 is 0 Å². The molecule has 0 aromatic heterocycles. The molecule has 0 fully saturated rings. The van der Waals surface area contributed by atoms with Gasteiger partial charge in [-0.3, -0.25) is 4.55 Å². The third-order valence-electron chi connectivity index (χ3n) is 1.51. The molecule has 0 saturated heterocycles. The van der Waals surface area contributed by atoms with Gasteiger partial charge < -0.3 is 35.2 Å². The molecule has 0 unspecified atom stereocenters. The Morgan fingerprint density at radius 2 is 1.42 bits per heavy atom. The van der Waals surface area contributed by atoms with Crippen LogP contribution in [0.15, 0.2) is 0 Å². The molecule has 0 spiro atoms. The number of carboxylic acid groups (broad SMARTS) is 1. The smallest absolute Gasteiger partial charge is 0.335 e. The number of rotatable bonds is 5. The van der Waals surface area contributed by atoms with Crippen molar-refractivity contribution in [2.75, 3.05) is 6.61 Å². The van der Waals surface area contributed by atoms with E-state index >= 15 is 0 Å². The normalized spacial score (nSPS) is 17.0. The Kier molecular flexibility index (Phi) is 13.2. The first kappa shape index (κ1) is 23.8. The molecule has 0 heterocycles. The van der Waals surface area contributed by atoms with Crippen molar-refractivity contribution in [2.45, 2.75) is 24.4 Å². The SMILES string of the molecule is O=C(O)[C@H](O)[C@@H](O)[C@H](O)[C@H](O)CO.O=S(=O)([O-])O.[Zn]. The molecule has 0 aliphatic carbocycles. The van der Waals surface area contributed by atoms with Gasteiger partial charge in [-0.2, -0.15) is 0 Å². The van der Waals surface area contributed by atoms with Gasteiger partial charge in [0, 0.05) is 19.5 Å². The minimum atomic E-state index is -4.92. The van der Waals surface area contributed by atoms with Crippen molar-refractivity contribution in [1.29, 1.82) is 0 Å². The van der Waals surface area contributed by atoms with E-state index < -0.39 is 47.4 Å². The molecule has 0 radical (unpaired) electrons. The third kappa shape index (κ3) is 14.0. The fraction of sp³-hybridized carbons (Fsp3) is 0.833. The van der Waals surface area contributed by atoms with Crippen molar-refractivity contribution in [1.82, 2.24) is 0 Å². The Labute approximate surface area is 120 Å².